The molecule has 1 aromatic carbocycles. The molecule has 0 aromatic heterocycles. The predicted octanol–water partition coefficient (Wildman–Crippen LogP) is 3.96. The van der Waals surface area contributed by atoms with Gasteiger partial charge < -0.3 is 25.0 Å². The number of carbonyl (C=O) groups is 3. The van der Waals surface area contributed by atoms with E-state index in [-0.39, 0.29) is 23.8 Å². The number of carbonyl (C=O) groups excluding carboxylic acids is 3. The van der Waals surface area contributed by atoms with E-state index in [1.807, 2.05) is 12.2 Å². The van der Waals surface area contributed by atoms with Crippen LogP contribution in [-0.4, -0.2) is 66.2 Å². The maximum atomic E-state index is 14.0. The molecule has 1 aromatic rings. The standard InChI is InChI=1S/C27H33Cl2N3O5/c1-26-11-12-27(37-26)21(20(26)23(33)31-17-9-10-18(28)19(29)15-17)25(35)32(13-6-14-36-2)22(27)24(34)30-16-7-4-3-5-8-16/h9-12,15-16,20-22H,3-8,13-14H2,1-2H3,(H,30,34)(H,31,33)/t20-,21-,22-,26-,27+/m1/s1. The van der Waals surface area contributed by atoms with Crippen LogP contribution in [0.5, 0.6) is 0 Å². The highest BCUT2D eigenvalue weighted by Gasteiger charge is 2.76. The van der Waals surface area contributed by atoms with E-state index >= 15 is 0 Å². The zero-order valence-corrected chi connectivity index (χ0v) is 22.6. The van der Waals surface area contributed by atoms with E-state index in [2.05, 4.69) is 10.6 Å². The molecule has 1 aliphatic carbocycles. The topological polar surface area (TPSA) is 97.0 Å². The molecule has 10 heteroatoms. The van der Waals surface area contributed by atoms with Gasteiger partial charge in [-0.2, -0.15) is 0 Å². The van der Waals surface area contributed by atoms with Gasteiger partial charge in [0.05, 0.1) is 27.5 Å². The molecule has 2 saturated heterocycles. The van der Waals surface area contributed by atoms with E-state index in [0.29, 0.717) is 35.3 Å². The third-order valence-corrected chi connectivity index (χ3v) is 8.95. The van der Waals surface area contributed by atoms with E-state index in [1.165, 1.54) is 6.42 Å². The van der Waals surface area contributed by atoms with Gasteiger partial charge in [0, 0.05) is 32.0 Å². The lowest BCUT2D eigenvalue weighted by molar-refractivity contribution is -0.144. The molecule has 4 aliphatic rings. The first-order valence-electron chi connectivity index (χ1n) is 13.0. The number of fused-ring (bicyclic) bond motifs is 1. The second-order valence-electron chi connectivity index (χ2n) is 10.7. The molecule has 2 N–H and O–H groups in total. The number of amides is 3. The second kappa shape index (κ2) is 10.2. The molecule has 2 bridgehead atoms. The summed E-state index contributed by atoms with van der Waals surface area (Å²) in [5.41, 5.74) is -1.77. The molecule has 8 nitrogen and oxygen atoms in total. The molecule has 5 atom stereocenters. The van der Waals surface area contributed by atoms with Crippen LogP contribution in [-0.2, 0) is 23.9 Å². The van der Waals surface area contributed by atoms with E-state index in [9.17, 15) is 14.4 Å². The Hall–Kier alpha value is -2.13. The highest BCUT2D eigenvalue weighted by molar-refractivity contribution is 6.42. The van der Waals surface area contributed by atoms with Crippen molar-refractivity contribution in [1.82, 2.24) is 10.2 Å². The molecule has 3 heterocycles. The Kier molecular flexibility index (Phi) is 7.31. The van der Waals surface area contributed by atoms with Gasteiger partial charge in [-0.1, -0.05) is 54.6 Å². The lowest BCUT2D eigenvalue weighted by Gasteiger charge is -2.34. The van der Waals surface area contributed by atoms with Crippen LogP contribution in [0.25, 0.3) is 0 Å². The Morgan fingerprint density at radius 1 is 1.14 bits per heavy atom. The fourth-order valence-electron chi connectivity index (χ4n) is 6.57. The van der Waals surface area contributed by atoms with Gasteiger partial charge in [-0.3, -0.25) is 14.4 Å². The van der Waals surface area contributed by atoms with Gasteiger partial charge in [0.15, 0.2) is 0 Å². The summed E-state index contributed by atoms with van der Waals surface area (Å²) in [7, 11) is 1.60. The van der Waals surface area contributed by atoms with Crippen molar-refractivity contribution in [2.45, 2.75) is 68.7 Å². The number of nitrogens with zero attached hydrogens (tertiary/aromatic N) is 1. The summed E-state index contributed by atoms with van der Waals surface area (Å²) in [4.78, 5) is 43.0. The van der Waals surface area contributed by atoms with Crippen molar-refractivity contribution in [3.05, 3.63) is 40.4 Å². The maximum Gasteiger partial charge on any atom is 0.246 e. The van der Waals surface area contributed by atoms with Crippen LogP contribution in [0.15, 0.2) is 30.4 Å². The summed E-state index contributed by atoms with van der Waals surface area (Å²) >= 11 is 12.2. The largest absolute Gasteiger partial charge is 0.385 e. The Morgan fingerprint density at radius 3 is 2.59 bits per heavy atom. The van der Waals surface area contributed by atoms with Crippen LogP contribution in [0, 0.1) is 11.8 Å². The normalized spacial score (nSPS) is 32.6. The Balaban J connectivity index is 1.45. The Bertz CT molecular complexity index is 1120. The van der Waals surface area contributed by atoms with Crippen LogP contribution in [0.4, 0.5) is 5.69 Å². The molecule has 200 valence electrons. The average Bonchev–Trinajstić information content (AvgIpc) is 3.43. The molecule has 3 aliphatic heterocycles. The van der Waals surface area contributed by atoms with Crippen LogP contribution >= 0.6 is 23.2 Å². The summed E-state index contributed by atoms with van der Waals surface area (Å²) in [5, 5.41) is 6.76. The predicted molar refractivity (Wildman–Crippen MR) is 140 cm³/mol. The summed E-state index contributed by atoms with van der Waals surface area (Å²) in [6.07, 6.45) is 9.40. The number of rotatable bonds is 8. The van der Waals surface area contributed by atoms with Crippen molar-refractivity contribution in [2.75, 3.05) is 25.6 Å². The van der Waals surface area contributed by atoms with Gasteiger partial charge in [-0.05, 0) is 44.4 Å². The minimum absolute atomic E-state index is 0.0829. The monoisotopic (exact) mass is 549 g/mol. The van der Waals surface area contributed by atoms with Crippen LogP contribution in [0.3, 0.4) is 0 Å². The highest BCUT2D eigenvalue weighted by atomic mass is 35.5. The number of benzene rings is 1. The van der Waals surface area contributed by atoms with Gasteiger partial charge in [0.1, 0.15) is 11.6 Å². The number of halogens is 2. The molecule has 37 heavy (non-hydrogen) atoms. The van der Waals surface area contributed by atoms with Crippen LogP contribution in [0.1, 0.15) is 45.4 Å². The van der Waals surface area contributed by atoms with Crippen molar-refractivity contribution in [1.29, 1.82) is 0 Å². The molecule has 1 spiro atoms. The summed E-state index contributed by atoms with van der Waals surface area (Å²) in [5.74, 6) is -2.48. The first kappa shape index (κ1) is 26.5. The maximum absolute atomic E-state index is 14.0. The molecule has 5 rings (SSSR count). The summed E-state index contributed by atoms with van der Waals surface area (Å²) < 4.78 is 11.7. The van der Waals surface area contributed by atoms with E-state index in [1.54, 1.807) is 37.1 Å². The first-order valence-corrected chi connectivity index (χ1v) is 13.7. The van der Waals surface area contributed by atoms with Crippen molar-refractivity contribution in [3.63, 3.8) is 0 Å². The number of methoxy groups -OCH3 is 1. The summed E-state index contributed by atoms with van der Waals surface area (Å²) in [6, 6.07) is 4.05. The van der Waals surface area contributed by atoms with E-state index in [0.717, 1.165) is 25.7 Å². The van der Waals surface area contributed by atoms with Gasteiger partial charge in [0.2, 0.25) is 17.7 Å². The van der Waals surface area contributed by atoms with Crippen molar-refractivity contribution < 1.29 is 23.9 Å². The fraction of sp³-hybridized carbons (Fsp3) is 0.593. The highest BCUT2D eigenvalue weighted by Crippen LogP contribution is 2.59. The van der Waals surface area contributed by atoms with Crippen LogP contribution in [0.2, 0.25) is 10.0 Å². The minimum atomic E-state index is -1.21. The molecule has 3 amide bonds. The van der Waals surface area contributed by atoms with E-state index < -0.39 is 29.1 Å². The Labute approximate surface area is 227 Å². The Morgan fingerprint density at radius 2 is 1.89 bits per heavy atom. The third kappa shape index (κ3) is 4.56. The minimum Gasteiger partial charge on any atom is -0.385 e. The SMILES string of the molecule is COCCCN1C(=O)[C@H]2[C@H](C(=O)Nc3ccc(Cl)c(Cl)c3)[C@@]3(C)C=C[C@@]2(O3)[C@H]1C(=O)NC1CCCCC1. The van der Waals surface area contributed by atoms with Crippen LogP contribution < -0.4 is 10.6 Å². The van der Waals surface area contributed by atoms with Gasteiger partial charge in [-0.25, -0.2) is 0 Å². The number of ether oxygens (including phenoxy) is 2. The van der Waals surface area contributed by atoms with E-state index in [4.69, 9.17) is 32.7 Å². The van der Waals surface area contributed by atoms with Gasteiger partial charge in [-0.15, -0.1) is 0 Å². The van der Waals surface area contributed by atoms with Crippen molar-refractivity contribution in [3.8, 4) is 0 Å². The second-order valence-corrected chi connectivity index (χ2v) is 11.5. The van der Waals surface area contributed by atoms with Gasteiger partial charge >= 0.3 is 0 Å². The summed E-state index contributed by atoms with van der Waals surface area (Å²) in [6.45, 7) is 2.59. The number of likely N-dealkylation sites (tertiary alicyclic amines) is 1. The molecular weight excluding hydrogens is 517 g/mol. The lowest BCUT2D eigenvalue weighted by Crippen LogP contribution is -2.56. The third-order valence-electron chi connectivity index (χ3n) is 8.21. The number of hydrogen-bond donors (Lipinski definition) is 2. The van der Waals surface area contributed by atoms with Crippen molar-refractivity contribution in [2.24, 2.45) is 11.8 Å². The van der Waals surface area contributed by atoms with Gasteiger partial charge in [0.25, 0.3) is 0 Å². The molecule has 3 fully saturated rings. The fourth-order valence-corrected chi connectivity index (χ4v) is 6.87. The zero-order valence-electron chi connectivity index (χ0n) is 21.1. The first-order chi connectivity index (χ1) is 17.7. The average molecular weight is 550 g/mol. The van der Waals surface area contributed by atoms with Crippen molar-refractivity contribution >= 4 is 46.6 Å². The molecular formula is C27H33Cl2N3O5. The molecule has 1 saturated carbocycles. The number of anilines is 1. The quantitative estimate of drug-likeness (QED) is 0.378. The molecule has 0 radical (unpaired) electrons. The lowest BCUT2D eigenvalue weighted by atomic mass is 9.70. The number of nitrogens with one attached hydrogen (secondary N) is 2. The number of hydrogen-bond acceptors (Lipinski definition) is 5. The smallest absolute Gasteiger partial charge is 0.246 e. The zero-order chi connectivity index (χ0) is 26.4. The molecule has 0 unspecified atom stereocenters.